The predicted octanol–water partition coefficient (Wildman–Crippen LogP) is 8.38. The molecule has 0 radical (unpaired) electrons. The molecule has 0 aliphatic heterocycles. The molecule has 0 bridgehead atoms. The Bertz CT molecular complexity index is 1160. The summed E-state index contributed by atoms with van der Waals surface area (Å²) in [4.78, 5) is 0. The van der Waals surface area contributed by atoms with E-state index < -0.39 is 11.7 Å². The normalized spacial score (nSPS) is 12.5. The van der Waals surface area contributed by atoms with Crippen molar-refractivity contribution in [1.29, 1.82) is 0 Å². The first-order valence-corrected chi connectivity index (χ1v) is 11.9. The van der Waals surface area contributed by atoms with E-state index in [1.807, 2.05) is 6.07 Å². The van der Waals surface area contributed by atoms with Crippen molar-refractivity contribution >= 4 is 0 Å². The number of benzene rings is 3. The van der Waals surface area contributed by atoms with Gasteiger partial charge in [0.05, 0.1) is 5.56 Å². The Labute approximate surface area is 194 Å². The highest BCUT2D eigenvalue weighted by Gasteiger charge is 2.29. The molecule has 0 amide bonds. The van der Waals surface area contributed by atoms with Crippen LogP contribution in [0.5, 0.6) is 0 Å². The summed E-state index contributed by atoms with van der Waals surface area (Å²) >= 11 is 0. The van der Waals surface area contributed by atoms with Crippen molar-refractivity contribution in [3.05, 3.63) is 94.0 Å². The molecule has 3 aromatic carbocycles. The topological polar surface area (TPSA) is 0 Å². The first-order chi connectivity index (χ1) is 15.9. The van der Waals surface area contributed by atoms with Crippen molar-refractivity contribution < 1.29 is 13.2 Å². The van der Waals surface area contributed by atoms with Gasteiger partial charge in [0.1, 0.15) is 0 Å². The summed E-state index contributed by atoms with van der Waals surface area (Å²) < 4.78 is 38.2. The molecule has 0 saturated heterocycles. The van der Waals surface area contributed by atoms with Gasteiger partial charge in [0, 0.05) is 11.1 Å². The van der Waals surface area contributed by atoms with Gasteiger partial charge in [0.15, 0.2) is 0 Å². The third kappa shape index (κ3) is 5.88. The van der Waals surface area contributed by atoms with Crippen LogP contribution in [0.1, 0.15) is 72.4 Å². The van der Waals surface area contributed by atoms with Crippen molar-refractivity contribution in [3.63, 3.8) is 0 Å². The van der Waals surface area contributed by atoms with E-state index in [2.05, 4.69) is 49.1 Å². The van der Waals surface area contributed by atoms with E-state index in [0.29, 0.717) is 5.56 Å². The van der Waals surface area contributed by atoms with Crippen LogP contribution in [0.4, 0.5) is 13.2 Å². The van der Waals surface area contributed by atoms with E-state index in [1.54, 1.807) is 0 Å². The third-order valence-corrected chi connectivity index (χ3v) is 6.36. The molecule has 0 atom stereocenters. The number of unbranched alkanes of at least 4 members (excludes halogenated alkanes) is 4. The van der Waals surface area contributed by atoms with Gasteiger partial charge in [-0.3, -0.25) is 0 Å². The Morgan fingerprint density at radius 1 is 0.697 bits per heavy atom. The minimum Gasteiger partial charge on any atom is -0.166 e. The first kappa shape index (κ1) is 23.2. The lowest BCUT2D eigenvalue weighted by atomic mass is 9.83. The van der Waals surface area contributed by atoms with Crippen LogP contribution in [0, 0.1) is 11.8 Å². The predicted molar refractivity (Wildman–Crippen MR) is 129 cm³/mol. The Kier molecular flexibility index (Phi) is 7.23. The molecule has 1 aliphatic carbocycles. The molecular weight excluding hydrogens is 417 g/mol. The fourth-order valence-electron chi connectivity index (χ4n) is 4.50. The average molecular weight is 447 g/mol. The second-order valence-electron chi connectivity index (χ2n) is 8.85. The molecule has 0 N–H and O–H groups in total. The van der Waals surface area contributed by atoms with Crippen LogP contribution in [0.2, 0.25) is 0 Å². The molecule has 0 nitrogen and oxygen atoms in total. The minimum absolute atomic E-state index is 0.577. The number of rotatable bonds is 6. The lowest BCUT2D eigenvalue weighted by Crippen LogP contribution is -2.05. The van der Waals surface area contributed by atoms with Gasteiger partial charge in [-0.05, 0) is 89.9 Å². The van der Waals surface area contributed by atoms with Crippen LogP contribution in [-0.2, 0) is 25.4 Å². The van der Waals surface area contributed by atoms with Crippen molar-refractivity contribution in [3.8, 4) is 23.0 Å². The molecule has 0 spiro atoms. The summed E-state index contributed by atoms with van der Waals surface area (Å²) in [5, 5.41) is 0. The largest absolute Gasteiger partial charge is 0.416 e. The van der Waals surface area contributed by atoms with E-state index in [0.717, 1.165) is 37.0 Å². The summed E-state index contributed by atoms with van der Waals surface area (Å²) in [6.45, 7) is 2.25. The number of hydrogen-bond donors (Lipinski definition) is 0. The molecule has 0 unspecified atom stereocenters. The van der Waals surface area contributed by atoms with Gasteiger partial charge in [0.25, 0.3) is 0 Å². The Balaban J connectivity index is 1.46. The van der Waals surface area contributed by atoms with E-state index in [9.17, 15) is 13.2 Å². The van der Waals surface area contributed by atoms with Gasteiger partial charge in [-0.2, -0.15) is 13.2 Å². The zero-order valence-electron chi connectivity index (χ0n) is 19.1. The molecular formula is C30H29F3. The fraction of sp³-hybridized carbons (Fsp3) is 0.333. The quantitative estimate of drug-likeness (QED) is 0.263. The number of hydrogen-bond acceptors (Lipinski definition) is 0. The maximum Gasteiger partial charge on any atom is 0.416 e. The molecule has 0 aromatic heterocycles. The third-order valence-electron chi connectivity index (χ3n) is 6.36. The van der Waals surface area contributed by atoms with Crippen LogP contribution in [0.25, 0.3) is 11.1 Å². The SMILES string of the molecule is CCCCCCCc1ccc2c(c1)CCc1cc(C#Cc3ccc(C(F)(F)F)cc3)ccc1-2. The zero-order valence-corrected chi connectivity index (χ0v) is 19.1. The molecule has 170 valence electrons. The summed E-state index contributed by atoms with van der Waals surface area (Å²) in [5.41, 5.74) is 7.55. The van der Waals surface area contributed by atoms with Gasteiger partial charge < -0.3 is 0 Å². The number of halogens is 3. The maximum atomic E-state index is 12.7. The van der Waals surface area contributed by atoms with Gasteiger partial charge in [-0.1, -0.05) is 68.7 Å². The highest BCUT2D eigenvalue weighted by Crippen LogP contribution is 2.35. The number of aryl methyl sites for hydroxylation is 3. The lowest BCUT2D eigenvalue weighted by Gasteiger charge is -2.21. The Hall–Kier alpha value is -2.99. The van der Waals surface area contributed by atoms with E-state index >= 15 is 0 Å². The van der Waals surface area contributed by atoms with Gasteiger partial charge in [-0.15, -0.1) is 0 Å². The second-order valence-corrected chi connectivity index (χ2v) is 8.85. The molecule has 33 heavy (non-hydrogen) atoms. The molecule has 3 aromatic rings. The van der Waals surface area contributed by atoms with E-state index in [-0.39, 0.29) is 0 Å². The smallest absolute Gasteiger partial charge is 0.166 e. The second kappa shape index (κ2) is 10.3. The minimum atomic E-state index is -4.32. The highest BCUT2D eigenvalue weighted by atomic mass is 19.4. The van der Waals surface area contributed by atoms with Crippen LogP contribution in [0.3, 0.4) is 0 Å². The summed E-state index contributed by atoms with van der Waals surface area (Å²) in [7, 11) is 0. The molecule has 1 aliphatic rings. The summed E-state index contributed by atoms with van der Waals surface area (Å²) in [5.74, 6) is 6.10. The van der Waals surface area contributed by atoms with Gasteiger partial charge in [0.2, 0.25) is 0 Å². The van der Waals surface area contributed by atoms with Crippen molar-refractivity contribution in [1.82, 2.24) is 0 Å². The Morgan fingerprint density at radius 3 is 2.00 bits per heavy atom. The first-order valence-electron chi connectivity index (χ1n) is 11.9. The highest BCUT2D eigenvalue weighted by molar-refractivity contribution is 5.74. The summed E-state index contributed by atoms with van der Waals surface area (Å²) in [6, 6.07) is 18.2. The Morgan fingerprint density at radius 2 is 1.30 bits per heavy atom. The van der Waals surface area contributed by atoms with E-state index in [1.165, 1.54) is 72.1 Å². The average Bonchev–Trinajstić information content (AvgIpc) is 2.82. The van der Waals surface area contributed by atoms with Crippen molar-refractivity contribution in [2.24, 2.45) is 0 Å². The van der Waals surface area contributed by atoms with Crippen LogP contribution >= 0.6 is 0 Å². The fourth-order valence-corrected chi connectivity index (χ4v) is 4.50. The zero-order chi connectivity index (χ0) is 23.3. The molecule has 0 saturated carbocycles. The molecule has 3 heteroatoms. The number of alkyl halides is 3. The van der Waals surface area contributed by atoms with Gasteiger partial charge in [-0.25, -0.2) is 0 Å². The van der Waals surface area contributed by atoms with Crippen LogP contribution < -0.4 is 0 Å². The van der Waals surface area contributed by atoms with E-state index in [4.69, 9.17) is 0 Å². The molecule has 0 fully saturated rings. The van der Waals surface area contributed by atoms with Crippen molar-refractivity contribution in [2.75, 3.05) is 0 Å². The summed E-state index contributed by atoms with van der Waals surface area (Å²) in [6.07, 6.45) is 5.36. The molecule has 0 heterocycles. The van der Waals surface area contributed by atoms with Crippen molar-refractivity contribution in [2.45, 2.75) is 64.5 Å². The van der Waals surface area contributed by atoms with Crippen LogP contribution in [-0.4, -0.2) is 0 Å². The van der Waals surface area contributed by atoms with Crippen LogP contribution in [0.15, 0.2) is 60.7 Å². The lowest BCUT2D eigenvalue weighted by molar-refractivity contribution is -0.137. The molecule has 4 rings (SSSR count). The standard InChI is InChI=1S/C30H29F3/c1-2-3-4-5-6-7-23-12-18-28-25(20-23)14-15-26-21-24(13-19-29(26)28)9-8-22-10-16-27(17-11-22)30(31,32)33/h10-13,16-21H,2-7,14-15H2,1H3. The maximum absolute atomic E-state index is 12.7. The number of fused-ring (bicyclic) bond motifs is 3. The van der Waals surface area contributed by atoms with Gasteiger partial charge >= 0.3 is 6.18 Å². The monoisotopic (exact) mass is 446 g/mol.